The lowest BCUT2D eigenvalue weighted by Crippen LogP contribution is -1.98. The lowest BCUT2D eigenvalue weighted by molar-refractivity contribution is 1.03. The summed E-state index contributed by atoms with van der Waals surface area (Å²) in [5.41, 5.74) is 5.75. The van der Waals surface area contributed by atoms with Crippen LogP contribution in [0.4, 0.5) is 0 Å². The van der Waals surface area contributed by atoms with Crippen LogP contribution in [0.5, 0.6) is 0 Å². The summed E-state index contributed by atoms with van der Waals surface area (Å²) in [6.45, 7) is 15.4. The minimum atomic E-state index is 0.0701. The molecule has 2 rings (SSSR count). The Morgan fingerprint density at radius 3 is 1.93 bits per heavy atom. The van der Waals surface area contributed by atoms with Crippen LogP contribution in [-0.2, 0) is 0 Å². The van der Waals surface area contributed by atoms with Gasteiger partial charge in [0.25, 0.3) is 0 Å². The van der Waals surface area contributed by atoms with Gasteiger partial charge in [0.1, 0.15) is 0 Å². The molecule has 0 aliphatic carbocycles. The van der Waals surface area contributed by atoms with Crippen molar-refractivity contribution in [2.45, 2.75) is 5.92 Å². The molecule has 0 nitrogen and oxygen atoms in total. The fourth-order valence-corrected chi connectivity index (χ4v) is 3.05. The fourth-order valence-electron chi connectivity index (χ4n) is 3.05. The first-order valence-electron chi connectivity index (χ1n) is 9.64. The molecule has 0 aliphatic heterocycles. The molecule has 0 aromatic heterocycles. The SMILES string of the molecule is C=CC=CC(C=CC(C(C=C)=CC=C)c1ccc(-c2ccccc2)cc1)=CC=C. The predicted molar refractivity (Wildman–Crippen MR) is 130 cm³/mol. The molecular weight excluding hydrogens is 348 g/mol. The third-order valence-corrected chi connectivity index (χ3v) is 4.50. The Morgan fingerprint density at radius 1 is 0.690 bits per heavy atom. The maximum atomic E-state index is 4.00. The van der Waals surface area contributed by atoms with Crippen molar-refractivity contribution in [3.63, 3.8) is 0 Å². The maximum Gasteiger partial charge on any atom is 0.0272 e. The Labute approximate surface area is 175 Å². The van der Waals surface area contributed by atoms with Gasteiger partial charge in [-0.1, -0.05) is 142 Å². The van der Waals surface area contributed by atoms with Crippen LogP contribution in [0.25, 0.3) is 11.1 Å². The van der Waals surface area contributed by atoms with Crippen LogP contribution in [0, 0.1) is 0 Å². The van der Waals surface area contributed by atoms with Gasteiger partial charge in [0.05, 0.1) is 0 Å². The largest absolute Gasteiger partial charge is 0.0991 e. The van der Waals surface area contributed by atoms with E-state index in [9.17, 15) is 0 Å². The lowest BCUT2D eigenvalue weighted by Gasteiger charge is -2.16. The normalized spacial score (nSPS) is 13.4. The third kappa shape index (κ3) is 6.48. The summed E-state index contributed by atoms with van der Waals surface area (Å²) in [5, 5.41) is 0. The van der Waals surface area contributed by atoms with Crippen molar-refractivity contribution in [1.82, 2.24) is 0 Å². The Kier molecular flexibility index (Phi) is 8.92. The number of hydrogen-bond donors (Lipinski definition) is 0. The van der Waals surface area contributed by atoms with Crippen molar-refractivity contribution in [1.29, 1.82) is 0 Å². The highest BCUT2D eigenvalue weighted by Gasteiger charge is 2.11. The summed E-state index contributed by atoms with van der Waals surface area (Å²) in [6.07, 6.45) is 19.4. The number of benzene rings is 2. The van der Waals surface area contributed by atoms with Crippen LogP contribution < -0.4 is 0 Å². The van der Waals surface area contributed by atoms with Gasteiger partial charge >= 0.3 is 0 Å². The second-order valence-corrected chi connectivity index (χ2v) is 6.43. The summed E-state index contributed by atoms with van der Waals surface area (Å²) < 4.78 is 0. The zero-order valence-electron chi connectivity index (χ0n) is 16.9. The molecule has 2 aromatic carbocycles. The molecule has 0 spiro atoms. The molecule has 0 heteroatoms. The van der Waals surface area contributed by atoms with Crippen LogP contribution in [0.3, 0.4) is 0 Å². The number of rotatable bonds is 10. The molecule has 1 atom stereocenters. The molecule has 29 heavy (non-hydrogen) atoms. The summed E-state index contributed by atoms with van der Waals surface area (Å²) >= 11 is 0. The zero-order chi connectivity index (χ0) is 20.9. The first kappa shape index (κ1) is 21.7. The fraction of sp³-hybridized carbons (Fsp3) is 0.0345. The first-order chi connectivity index (χ1) is 14.2. The van der Waals surface area contributed by atoms with Gasteiger partial charge < -0.3 is 0 Å². The minimum Gasteiger partial charge on any atom is -0.0991 e. The van der Waals surface area contributed by atoms with Gasteiger partial charge in [-0.3, -0.25) is 0 Å². The molecule has 144 valence electrons. The van der Waals surface area contributed by atoms with E-state index in [2.05, 4.69) is 87.0 Å². The predicted octanol–water partition coefficient (Wildman–Crippen LogP) is 8.15. The van der Waals surface area contributed by atoms with Crippen LogP contribution in [0.2, 0.25) is 0 Å². The molecule has 0 N–H and O–H groups in total. The van der Waals surface area contributed by atoms with Crippen molar-refractivity contribution in [3.8, 4) is 11.1 Å². The van der Waals surface area contributed by atoms with Crippen LogP contribution in [-0.4, -0.2) is 0 Å². The Bertz CT molecular complexity index is 945. The average molecular weight is 377 g/mol. The summed E-state index contributed by atoms with van der Waals surface area (Å²) in [5.74, 6) is 0.0701. The highest BCUT2D eigenvalue weighted by Crippen LogP contribution is 2.30. The van der Waals surface area contributed by atoms with E-state index in [0.29, 0.717) is 0 Å². The van der Waals surface area contributed by atoms with E-state index in [1.54, 1.807) is 18.2 Å². The van der Waals surface area contributed by atoms with Crippen molar-refractivity contribution < 1.29 is 0 Å². The molecule has 0 saturated carbocycles. The van der Waals surface area contributed by atoms with E-state index in [4.69, 9.17) is 0 Å². The van der Waals surface area contributed by atoms with Gasteiger partial charge in [-0.15, -0.1) is 0 Å². The van der Waals surface area contributed by atoms with Crippen molar-refractivity contribution in [2.24, 2.45) is 0 Å². The molecule has 1 unspecified atom stereocenters. The van der Waals surface area contributed by atoms with Gasteiger partial charge in [-0.2, -0.15) is 0 Å². The van der Waals surface area contributed by atoms with E-state index in [0.717, 1.165) is 11.1 Å². The lowest BCUT2D eigenvalue weighted by atomic mass is 9.88. The van der Waals surface area contributed by atoms with Gasteiger partial charge in [-0.25, -0.2) is 0 Å². The monoisotopic (exact) mass is 376 g/mol. The van der Waals surface area contributed by atoms with Gasteiger partial charge in [0, 0.05) is 5.92 Å². The van der Waals surface area contributed by atoms with Crippen LogP contribution in [0.1, 0.15) is 11.5 Å². The molecule has 0 fully saturated rings. The van der Waals surface area contributed by atoms with E-state index in [1.165, 1.54) is 16.7 Å². The van der Waals surface area contributed by atoms with Crippen molar-refractivity contribution in [2.75, 3.05) is 0 Å². The van der Waals surface area contributed by atoms with Gasteiger partial charge in [0.2, 0.25) is 0 Å². The standard InChI is InChI=1S/C29H28/c1-5-9-15-24(13-6-2)18-23-29(25(8-4)14-7-3)28-21-19-27(20-22-28)26-16-11-10-12-17-26/h5-23,29H,1-4H2. The Morgan fingerprint density at radius 2 is 1.34 bits per heavy atom. The molecule has 0 amide bonds. The summed E-state index contributed by atoms with van der Waals surface area (Å²) in [7, 11) is 0. The molecular formula is C29H28. The second-order valence-electron chi connectivity index (χ2n) is 6.43. The smallest absolute Gasteiger partial charge is 0.0272 e. The molecule has 0 heterocycles. The van der Waals surface area contributed by atoms with Crippen LogP contribution >= 0.6 is 0 Å². The Hall–Kier alpha value is -3.64. The molecule has 0 bridgehead atoms. The second kappa shape index (κ2) is 11.9. The van der Waals surface area contributed by atoms with E-state index in [1.807, 2.05) is 36.4 Å². The van der Waals surface area contributed by atoms with Crippen molar-refractivity contribution in [3.05, 3.63) is 158 Å². The highest BCUT2D eigenvalue weighted by molar-refractivity contribution is 5.64. The zero-order valence-corrected chi connectivity index (χ0v) is 16.9. The molecule has 0 aliphatic rings. The third-order valence-electron chi connectivity index (χ3n) is 4.50. The first-order valence-corrected chi connectivity index (χ1v) is 9.64. The van der Waals surface area contributed by atoms with E-state index in [-0.39, 0.29) is 5.92 Å². The maximum absolute atomic E-state index is 4.00. The average Bonchev–Trinajstić information content (AvgIpc) is 2.77. The molecule has 0 radical (unpaired) electrons. The van der Waals surface area contributed by atoms with Gasteiger partial charge in [0.15, 0.2) is 0 Å². The topological polar surface area (TPSA) is 0 Å². The van der Waals surface area contributed by atoms with Crippen molar-refractivity contribution >= 4 is 0 Å². The molecule has 0 saturated heterocycles. The van der Waals surface area contributed by atoms with Gasteiger partial charge in [-0.05, 0) is 27.8 Å². The summed E-state index contributed by atoms with van der Waals surface area (Å²) in [4.78, 5) is 0. The Balaban J connectivity index is 2.43. The number of hydrogen-bond acceptors (Lipinski definition) is 0. The summed E-state index contributed by atoms with van der Waals surface area (Å²) in [6, 6.07) is 19.1. The molecule has 2 aromatic rings. The minimum absolute atomic E-state index is 0.0701. The van der Waals surface area contributed by atoms with E-state index < -0.39 is 0 Å². The number of allylic oxidation sites excluding steroid dienone is 12. The van der Waals surface area contributed by atoms with E-state index >= 15 is 0 Å². The quantitative estimate of drug-likeness (QED) is 0.367. The van der Waals surface area contributed by atoms with Crippen LogP contribution in [0.15, 0.2) is 153 Å². The highest BCUT2D eigenvalue weighted by atomic mass is 14.2.